The second-order valence-electron chi connectivity index (χ2n) is 2.30. The van der Waals surface area contributed by atoms with E-state index in [2.05, 4.69) is 16.7 Å². The Labute approximate surface area is 74.7 Å². The minimum Gasteiger partial charge on any atom is -0.543 e. The summed E-state index contributed by atoms with van der Waals surface area (Å²) in [5, 5.41) is 10.3. The molecular weight excluding hydrogens is 170 g/mol. The maximum absolute atomic E-state index is 10.3. The first kappa shape index (κ1) is 9.37. The molecule has 0 saturated carbocycles. The SMILES string of the molecule is N[NH3+].O=C([O-])C1=NC2=CC=CC2=C1. The fourth-order valence-corrected chi connectivity index (χ4v) is 1.06. The second-order valence-corrected chi connectivity index (χ2v) is 2.30. The van der Waals surface area contributed by atoms with Gasteiger partial charge in [0.25, 0.3) is 0 Å². The summed E-state index contributed by atoms with van der Waals surface area (Å²) in [6, 6.07) is 0. The predicted octanol–water partition coefficient (Wildman–Crippen LogP) is -2.33. The smallest absolute Gasteiger partial charge is 0.0900 e. The topological polar surface area (TPSA) is 106 Å². The second kappa shape index (κ2) is 3.79. The third-order valence-electron chi connectivity index (χ3n) is 1.57. The van der Waals surface area contributed by atoms with E-state index in [9.17, 15) is 9.90 Å². The van der Waals surface area contributed by atoms with E-state index in [-0.39, 0.29) is 5.71 Å². The molecule has 5 nitrogen and oxygen atoms in total. The summed E-state index contributed by atoms with van der Waals surface area (Å²) in [6.07, 6.45) is 6.91. The number of carbonyl (C=O) groups is 1. The van der Waals surface area contributed by atoms with E-state index in [1.54, 1.807) is 6.08 Å². The van der Waals surface area contributed by atoms with Crippen molar-refractivity contribution in [3.63, 3.8) is 0 Å². The number of aliphatic carboxylic acids is 1. The van der Waals surface area contributed by atoms with Crippen LogP contribution in [0.2, 0.25) is 0 Å². The number of hydrogen-bond acceptors (Lipinski definition) is 4. The third kappa shape index (κ3) is 1.71. The monoisotopic (exact) mass is 179 g/mol. The molecule has 2 rings (SSSR count). The average molecular weight is 179 g/mol. The lowest BCUT2D eigenvalue weighted by atomic mass is 10.2. The summed E-state index contributed by atoms with van der Waals surface area (Å²) in [4.78, 5) is 14.1. The van der Waals surface area contributed by atoms with E-state index in [4.69, 9.17) is 0 Å². The molecule has 0 atom stereocenters. The van der Waals surface area contributed by atoms with Gasteiger partial charge in [-0.3, -0.25) is 5.84 Å². The summed E-state index contributed by atoms with van der Waals surface area (Å²) in [5.74, 6) is 5.78. The number of allylic oxidation sites excluding steroid dienone is 3. The standard InChI is InChI=1S/C8H5NO2.H4N2/c10-8(11)7-4-5-2-1-3-6(5)9-7;1-2/h1-4H,(H,10,11);1-2H2. The summed E-state index contributed by atoms with van der Waals surface area (Å²) in [7, 11) is 0. The molecule has 68 valence electrons. The van der Waals surface area contributed by atoms with E-state index in [1.807, 2.05) is 12.2 Å². The van der Waals surface area contributed by atoms with Gasteiger partial charge in [-0.15, -0.1) is 0 Å². The Morgan fingerprint density at radius 3 is 2.77 bits per heavy atom. The van der Waals surface area contributed by atoms with Gasteiger partial charge in [0.1, 0.15) is 0 Å². The van der Waals surface area contributed by atoms with Crippen molar-refractivity contribution in [3.8, 4) is 0 Å². The van der Waals surface area contributed by atoms with Crippen LogP contribution in [0.4, 0.5) is 0 Å². The highest BCUT2D eigenvalue weighted by Crippen LogP contribution is 2.24. The number of rotatable bonds is 1. The van der Waals surface area contributed by atoms with Crippen molar-refractivity contribution in [2.24, 2.45) is 10.8 Å². The number of hydrogen-bond donors (Lipinski definition) is 2. The van der Waals surface area contributed by atoms with Gasteiger partial charge >= 0.3 is 0 Å². The van der Waals surface area contributed by atoms with Crippen LogP contribution >= 0.6 is 0 Å². The molecule has 13 heavy (non-hydrogen) atoms. The summed E-state index contributed by atoms with van der Waals surface area (Å²) < 4.78 is 0. The van der Waals surface area contributed by atoms with Gasteiger partial charge in [0, 0.05) is 5.57 Å². The number of quaternary nitrogens is 1. The van der Waals surface area contributed by atoms with E-state index >= 15 is 0 Å². The van der Waals surface area contributed by atoms with Crippen LogP contribution in [0.1, 0.15) is 0 Å². The fraction of sp³-hybridized carbons (Fsp3) is 0. The van der Waals surface area contributed by atoms with Crippen molar-refractivity contribution in [3.05, 3.63) is 35.6 Å². The Hall–Kier alpha value is -1.72. The molecule has 0 aromatic rings. The summed E-state index contributed by atoms with van der Waals surface area (Å²) in [6.45, 7) is 0. The first-order chi connectivity index (χ1) is 6.27. The molecule has 0 bridgehead atoms. The zero-order valence-corrected chi connectivity index (χ0v) is 6.86. The molecule has 1 aliphatic heterocycles. The lowest BCUT2D eigenvalue weighted by molar-refractivity contribution is -0.379. The van der Waals surface area contributed by atoms with Crippen LogP contribution in [0, 0.1) is 0 Å². The van der Waals surface area contributed by atoms with Crippen LogP contribution in [-0.4, -0.2) is 11.7 Å². The van der Waals surface area contributed by atoms with Crippen LogP contribution in [0.15, 0.2) is 40.6 Å². The lowest BCUT2D eigenvalue weighted by Crippen LogP contribution is -2.59. The molecule has 1 heterocycles. The Bertz CT molecular complexity index is 350. The normalized spacial score (nSPS) is 16.6. The van der Waals surface area contributed by atoms with Gasteiger partial charge in [-0.1, -0.05) is 12.2 Å². The van der Waals surface area contributed by atoms with Gasteiger partial charge < -0.3 is 9.90 Å². The number of nitrogens with zero attached hydrogens (tertiary/aromatic N) is 1. The largest absolute Gasteiger partial charge is 0.543 e. The maximum atomic E-state index is 10.3. The Kier molecular flexibility index (Phi) is 2.73. The number of fused-ring (bicyclic) bond motifs is 1. The highest BCUT2D eigenvalue weighted by atomic mass is 16.4. The molecule has 0 aromatic heterocycles. The summed E-state index contributed by atoms with van der Waals surface area (Å²) in [5.41, 5.74) is 1.57. The van der Waals surface area contributed by atoms with E-state index in [1.165, 1.54) is 6.08 Å². The molecule has 0 spiro atoms. The molecule has 5 N–H and O–H groups in total. The minimum atomic E-state index is -1.22. The van der Waals surface area contributed by atoms with Crippen LogP contribution in [0.25, 0.3) is 0 Å². The van der Waals surface area contributed by atoms with Gasteiger partial charge in [0.05, 0.1) is 17.4 Å². The van der Waals surface area contributed by atoms with Crippen molar-refractivity contribution in [2.45, 2.75) is 0 Å². The molecule has 0 aromatic carbocycles. The fourth-order valence-electron chi connectivity index (χ4n) is 1.06. The zero-order valence-electron chi connectivity index (χ0n) is 6.86. The first-order valence-corrected chi connectivity index (χ1v) is 3.59. The number of carboxylic acid groups (broad SMARTS) is 1. The van der Waals surface area contributed by atoms with Crippen LogP contribution in [-0.2, 0) is 4.79 Å². The molecule has 0 saturated heterocycles. The van der Waals surface area contributed by atoms with E-state index in [0.717, 1.165) is 5.57 Å². The van der Waals surface area contributed by atoms with Gasteiger partial charge in [0.2, 0.25) is 0 Å². The van der Waals surface area contributed by atoms with Crippen molar-refractivity contribution in [1.29, 1.82) is 0 Å². The molecule has 1 aliphatic carbocycles. The van der Waals surface area contributed by atoms with Crippen LogP contribution < -0.4 is 16.8 Å². The van der Waals surface area contributed by atoms with Crippen LogP contribution in [0.3, 0.4) is 0 Å². The lowest BCUT2D eigenvalue weighted by Gasteiger charge is -1.94. The van der Waals surface area contributed by atoms with Crippen molar-refractivity contribution < 1.29 is 15.7 Å². The van der Waals surface area contributed by atoms with E-state index < -0.39 is 5.97 Å². The quantitative estimate of drug-likeness (QED) is 0.348. The van der Waals surface area contributed by atoms with Gasteiger partial charge in [0.15, 0.2) is 0 Å². The number of carboxylic acids is 1. The Morgan fingerprint density at radius 2 is 2.23 bits per heavy atom. The summed E-state index contributed by atoms with van der Waals surface area (Å²) >= 11 is 0. The van der Waals surface area contributed by atoms with Crippen molar-refractivity contribution in [1.82, 2.24) is 0 Å². The molecule has 0 amide bonds. The van der Waals surface area contributed by atoms with Crippen molar-refractivity contribution >= 4 is 11.7 Å². The van der Waals surface area contributed by atoms with E-state index in [0.29, 0.717) is 5.70 Å². The predicted molar refractivity (Wildman–Crippen MR) is 44.8 cm³/mol. The molecule has 0 fully saturated rings. The highest BCUT2D eigenvalue weighted by molar-refractivity contribution is 6.41. The highest BCUT2D eigenvalue weighted by Gasteiger charge is 2.14. The maximum Gasteiger partial charge on any atom is 0.0900 e. The molecule has 0 radical (unpaired) electrons. The molecular formula is C8H9N3O2. The first-order valence-electron chi connectivity index (χ1n) is 3.59. The third-order valence-corrected chi connectivity index (χ3v) is 1.57. The average Bonchev–Trinajstić information content (AvgIpc) is 2.65. The van der Waals surface area contributed by atoms with Gasteiger partial charge in [-0.2, -0.15) is 5.84 Å². The zero-order chi connectivity index (χ0) is 9.84. The van der Waals surface area contributed by atoms with Gasteiger partial charge in [-0.05, 0) is 12.2 Å². The van der Waals surface area contributed by atoms with Crippen molar-refractivity contribution in [2.75, 3.05) is 0 Å². The number of aliphatic imine (C=N–C) groups is 1. The number of nitrogens with two attached hydrogens (primary N) is 1. The minimum absolute atomic E-state index is 0.00981. The molecule has 0 unspecified atom stereocenters. The Morgan fingerprint density at radius 1 is 1.54 bits per heavy atom. The number of carbonyl (C=O) groups excluding carboxylic acids is 1. The molecule has 2 aliphatic rings. The molecule has 5 heteroatoms. The van der Waals surface area contributed by atoms with Crippen LogP contribution in [0.5, 0.6) is 0 Å². The Balaban J connectivity index is 0.000000396. The van der Waals surface area contributed by atoms with Gasteiger partial charge in [-0.25, -0.2) is 4.99 Å².